The summed E-state index contributed by atoms with van der Waals surface area (Å²) >= 11 is 0. The molecule has 2 aliphatic rings. The number of H-pyrrole nitrogens is 1. The highest BCUT2D eigenvalue weighted by Gasteiger charge is 2.29. The van der Waals surface area contributed by atoms with Gasteiger partial charge in [-0.2, -0.15) is 5.10 Å². The SMILES string of the molecule is COCC(CCC[C@H]1CC=CC=C1F)N1Cc2[nH]nc(CO)c2C1. The molecular formula is C18H26FN3O2. The number of allylic oxidation sites excluding steroid dienone is 4. The molecule has 2 heterocycles. The summed E-state index contributed by atoms with van der Waals surface area (Å²) in [6.45, 7) is 2.22. The highest BCUT2D eigenvalue weighted by Crippen LogP contribution is 2.30. The third-order valence-corrected chi connectivity index (χ3v) is 5.08. The monoisotopic (exact) mass is 335 g/mol. The van der Waals surface area contributed by atoms with Gasteiger partial charge in [-0.05, 0) is 25.3 Å². The fourth-order valence-corrected chi connectivity index (χ4v) is 3.68. The van der Waals surface area contributed by atoms with Crippen LogP contribution in [0.1, 0.15) is 42.6 Å². The van der Waals surface area contributed by atoms with Gasteiger partial charge in [0.25, 0.3) is 0 Å². The van der Waals surface area contributed by atoms with Gasteiger partial charge >= 0.3 is 0 Å². The molecule has 0 bridgehead atoms. The fourth-order valence-electron chi connectivity index (χ4n) is 3.68. The van der Waals surface area contributed by atoms with Crippen LogP contribution < -0.4 is 0 Å². The molecule has 1 aromatic heterocycles. The van der Waals surface area contributed by atoms with Gasteiger partial charge in [0, 0.05) is 37.7 Å². The molecule has 1 aliphatic heterocycles. The molecule has 0 fully saturated rings. The van der Waals surface area contributed by atoms with E-state index in [2.05, 4.69) is 15.1 Å². The lowest BCUT2D eigenvalue weighted by molar-refractivity contribution is 0.0798. The number of aliphatic hydroxyl groups is 1. The number of hydrogen-bond acceptors (Lipinski definition) is 4. The number of hydrogen-bond donors (Lipinski definition) is 2. The van der Waals surface area contributed by atoms with Crippen LogP contribution in [0.15, 0.2) is 24.1 Å². The second-order valence-electron chi connectivity index (χ2n) is 6.64. The molecule has 5 nitrogen and oxygen atoms in total. The number of ether oxygens (including phenoxy) is 1. The number of nitrogens with zero attached hydrogens (tertiary/aromatic N) is 2. The van der Waals surface area contributed by atoms with Gasteiger partial charge in [-0.15, -0.1) is 0 Å². The van der Waals surface area contributed by atoms with E-state index in [0.717, 1.165) is 55.7 Å². The average molecular weight is 335 g/mol. The molecule has 1 unspecified atom stereocenters. The third-order valence-electron chi connectivity index (χ3n) is 5.08. The molecule has 6 heteroatoms. The number of rotatable bonds is 8. The number of halogens is 1. The molecule has 0 saturated heterocycles. The van der Waals surface area contributed by atoms with Crippen molar-refractivity contribution in [2.75, 3.05) is 13.7 Å². The maximum atomic E-state index is 13.8. The van der Waals surface area contributed by atoms with Crippen molar-refractivity contribution in [1.82, 2.24) is 15.1 Å². The van der Waals surface area contributed by atoms with Crippen LogP contribution in [-0.2, 0) is 24.4 Å². The number of aliphatic hydroxyl groups excluding tert-OH is 1. The predicted octanol–water partition coefficient (Wildman–Crippen LogP) is 2.83. The summed E-state index contributed by atoms with van der Waals surface area (Å²) in [5.41, 5.74) is 2.95. The predicted molar refractivity (Wildman–Crippen MR) is 89.7 cm³/mol. The molecule has 3 rings (SSSR count). The van der Waals surface area contributed by atoms with Crippen molar-refractivity contribution < 1.29 is 14.2 Å². The maximum absolute atomic E-state index is 13.8. The van der Waals surface area contributed by atoms with Crippen molar-refractivity contribution in [3.05, 3.63) is 41.0 Å². The van der Waals surface area contributed by atoms with E-state index in [1.165, 1.54) is 0 Å². The lowest BCUT2D eigenvalue weighted by Gasteiger charge is -2.27. The quantitative estimate of drug-likeness (QED) is 0.767. The van der Waals surface area contributed by atoms with E-state index in [1.54, 1.807) is 19.3 Å². The lowest BCUT2D eigenvalue weighted by Crippen LogP contribution is -2.35. The Labute approximate surface area is 142 Å². The van der Waals surface area contributed by atoms with Crippen LogP contribution in [0, 0.1) is 5.92 Å². The van der Waals surface area contributed by atoms with Gasteiger partial charge in [0.05, 0.1) is 24.6 Å². The second kappa shape index (κ2) is 8.05. The van der Waals surface area contributed by atoms with Crippen LogP contribution in [0.25, 0.3) is 0 Å². The van der Waals surface area contributed by atoms with Gasteiger partial charge in [-0.3, -0.25) is 10.00 Å². The van der Waals surface area contributed by atoms with Crippen molar-refractivity contribution in [2.45, 2.75) is 51.4 Å². The fraction of sp³-hybridized carbons (Fsp3) is 0.611. The maximum Gasteiger partial charge on any atom is 0.103 e. The van der Waals surface area contributed by atoms with Crippen LogP contribution in [0.2, 0.25) is 0 Å². The summed E-state index contributed by atoms with van der Waals surface area (Å²) in [4.78, 5) is 2.36. The number of nitrogens with one attached hydrogen (secondary N) is 1. The lowest BCUT2D eigenvalue weighted by atomic mass is 9.92. The Kier molecular flexibility index (Phi) is 5.81. The van der Waals surface area contributed by atoms with E-state index in [-0.39, 0.29) is 18.4 Å². The summed E-state index contributed by atoms with van der Waals surface area (Å²) in [5, 5.41) is 16.5. The zero-order valence-corrected chi connectivity index (χ0v) is 14.2. The molecule has 132 valence electrons. The summed E-state index contributed by atoms with van der Waals surface area (Å²) in [6, 6.07) is 0.300. The van der Waals surface area contributed by atoms with Gasteiger partial charge in [-0.25, -0.2) is 4.39 Å². The van der Waals surface area contributed by atoms with Gasteiger partial charge in [0.1, 0.15) is 5.83 Å². The van der Waals surface area contributed by atoms with Crippen LogP contribution in [-0.4, -0.2) is 40.0 Å². The highest BCUT2D eigenvalue weighted by molar-refractivity contribution is 5.28. The minimum Gasteiger partial charge on any atom is -0.390 e. The largest absolute Gasteiger partial charge is 0.390 e. The smallest absolute Gasteiger partial charge is 0.103 e. The summed E-state index contributed by atoms with van der Waals surface area (Å²) in [6.07, 6.45) is 9.04. The topological polar surface area (TPSA) is 61.4 Å². The van der Waals surface area contributed by atoms with Crippen LogP contribution in [0.5, 0.6) is 0 Å². The molecule has 1 aromatic rings. The minimum atomic E-state index is -0.0323. The van der Waals surface area contributed by atoms with E-state index in [4.69, 9.17) is 4.74 Å². The minimum absolute atomic E-state index is 0.00982. The van der Waals surface area contributed by atoms with E-state index < -0.39 is 0 Å². The van der Waals surface area contributed by atoms with Crippen LogP contribution in [0.3, 0.4) is 0 Å². The Hall–Kier alpha value is -1.50. The number of fused-ring (bicyclic) bond motifs is 1. The number of aromatic nitrogens is 2. The first-order chi connectivity index (χ1) is 11.7. The Bertz CT molecular complexity index is 611. The van der Waals surface area contributed by atoms with Crippen LogP contribution in [0.4, 0.5) is 4.39 Å². The molecule has 2 N–H and O–H groups in total. The average Bonchev–Trinajstić information content (AvgIpc) is 3.16. The van der Waals surface area contributed by atoms with E-state index in [0.29, 0.717) is 12.6 Å². The first kappa shape index (κ1) is 17.3. The third kappa shape index (κ3) is 3.77. The number of methoxy groups -OCH3 is 1. The summed E-state index contributed by atoms with van der Waals surface area (Å²) in [7, 11) is 1.72. The van der Waals surface area contributed by atoms with E-state index in [1.807, 2.05) is 6.08 Å². The zero-order valence-electron chi connectivity index (χ0n) is 14.2. The molecule has 24 heavy (non-hydrogen) atoms. The molecule has 0 aromatic carbocycles. The summed E-state index contributed by atoms with van der Waals surface area (Å²) in [5.74, 6) is 0.0466. The Morgan fingerprint density at radius 2 is 2.38 bits per heavy atom. The molecular weight excluding hydrogens is 309 g/mol. The summed E-state index contributed by atoms with van der Waals surface area (Å²) < 4.78 is 19.2. The van der Waals surface area contributed by atoms with Crippen molar-refractivity contribution in [1.29, 1.82) is 0 Å². The zero-order chi connectivity index (χ0) is 16.9. The molecule has 0 spiro atoms. The van der Waals surface area contributed by atoms with Crippen molar-refractivity contribution in [3.63, 3.8) is 0 Å². The molecule has 0 amide bonds. The van der Waals surface area contributed by atoms with E-state index in [9.17, 15) is 9.50 Å². The first-order valence-corrected chi connectivity index (χ1v) is 8.64. The van der Waals surface area contributed by atoms with Crippen molar-refractivity contribution in [3.8, 4) is 0 Å². The Balaban J connectivity index is 1.53. The van der Waals surface area contributed by atoms with Gasteiger partial charge in [0.15, 0.2) is 0 Å². The Morgan fingerprint density at radius 1 is 1.50 bits per heavy atom. The standard InChI is InChI=1S/C18H26FN3O2/c1-24-12-14(7-4-6-13-5-2-3-8-16(13)19)22-9-15-17(10-22)20-21-18(15)11-23/h2-3,8,13-14,23H,4-7,9-12H2,1H3,(H,20,21)/t13-,14?/m1/s1. The van der Waals surface area contributed by atoms with E-state index >= 15 is 0 Å². The molecule has 0 saturated carbocycles. The van der Waals surface area contributed by atoms with Crippen LogP contribution >= 0.6 is 0 Å². The number of aromatic amines is 1. The molecule has 1 aliphatic carbocycles. The van der Waals surface area contributed by atoms with Crippen molar-refractivity contribution >= 4 is 0 Å². The second-order valence-corrected chi connectivity index (χ2v) is 6.64. The van der Waals surface area contributed by atoms with Gasteiger partial charge < -0.3 is 9.84 Å². The normalized spacial score (nSPS) is 21.8. The molecule has 0 radical (unpaired) electrons. The van der Waals surface area contributed by atoms with Gasteiger partial charge in [0.2, 0.25) is 0 Å². The van der Waals surface area contributed by atoms with Crippen molar-refractivity contribution in [2.24, 2.45) is 5.92 Å². The highest BCUT2D eigenvalue weighted by atomic mass is 19.1. The Morgan fingerprint density at radius 3 is 3.12 bits per heavy atom. The van der Waals surface area contributed by atoms with Gasteiger partial charge in [-0.1, -0.05) is 18.6 Å². The first-order valence-electron chi connectivity index (χ1n) is 8.64. The molecule has 2 atom stereocenters.